The van der Waals surface area contributed by atoms with Crippen molar-refractivity contribution in [3.63, 3.8) is 0 Å². The highest BCUT2D eigenvalue weighted by Crippen LogP contribution is 2.14. The van der Waals surface area contributed by atoms with Gasteiger partial charge in [-0.2, -0.15) is 0 Å². The average molecular weight is 354 g/mol. The van der Waals surface area contributed by atoms with Crippen LogP contribution in [0.15, 0.2) is 48.5 Å². The highest BCUT2D eigenvalue weighted by Gasteiger charge is 2.19. The summed E-state index contributed by atoms with van der Waals surface area (Å²) in [4.78, 5) is 35.5. The lowest BCUT2D eigenvalue weighted by molar-refractivity contribution is -0.123. The molecule has 6 nitrogen and oxygen atoms in total. The van der Waals surface area contributed by atoms with Gasteiger partial charge in [0.05, 0.1) is 5.56 Å². The van der Waals surface area contributed by atoms with E-state index in [9.17, 15) is 14.4 Å². The van der Waals surface area contributed by atoms with E-state index in [1.807, 2.05) is 24.3 Å². The molecule has 1 atom stereocenters. The zero-order chi connectivity index (χ0) is 19.1. The topological polar surface area (TPSA) is 84.5 Å². The molecule has 0 saturated heterocycles. The number of anilines is 2. The van der Waals surface area contributed by atoms with E-state index in [0.717, 1.165) is 6.42 Å². The van der Waals surface area contributed by atoms with E-state index < -0.39 is 18.0 Å². The van der Waals surface area contributed by atoms with E-state index in [1.54, 1.807) is 18.2 Å². The molecule has 0 saturated carbocycles. The van der Waals surface area contributed by atoms with Crippen molar-refractivity contribution in [1.29, 1.82) is 0 Å². The van der Waals surface area contributed by atoms with Crippen LogP contribution in [0.5, 0.6) is 0 Å². The molecule has 0 aliphatic carbocycles. The third-order valence-corrected chi connectivity index (χ3v) is 3.70. The molecular weight excluding hydrogens is 332 g/mol. The van der Waals surface area contributed by atoms with Crippen molar-refractivity contribution in [2.24, 2.45) is 0 Å². The fourth-order valence-corrected chi connectivity index (χ4v) is 2.28. The van der Waals surface area contributed by atoms with Crippen LogP contribution in [0.4, 0.5) is 11.4 Å². The molecule has 2 aromatic rings. The van der Waals surface area contributed by atoms with E-state index in [-0.39, 0.29) is 11.5 Å². The van der Waals surface area contributed by atoms with Gasteiger partial charge in [-0.05, 0) is 49.2 Å². The number of benzene rings is 2. The fourth-order valence-electron chi connectivity index (χ4n) is 2.28. The van der Waals surface area contributed by atoms with E-state index in [1.165, 1.54) is 25.5 Å². The van der Waals surface area contributed by atoms with Gasteiger partial charge >= 0.3 is 5.97 Å². The molecule has 2 aromatic carbocycles. The number of carbonyl (C=O) groups is 3. The average Bonchev–Trinajstić information content (AvgIpc) is 2.62. The summed E-state index contributed by atoms with van der Waals surface area (Å²) in [5.74, 6) is -1.29. The van der Waals surface area contributed by atoms with E-state index in [2.05, 4.69) is 17.6 Å². The molecule has 0 heterocycles. The predicted octanol–water partition coefficient (Wildman–Crippen LogP) is 3.39. The molecule has 0 bridgehead atoms. The standard InChI is InChI=1S/C20H22N2O4/c1-4-15-8-10-17(11-9-15)22-19(24)13(2)26-20(25)16-6-5-7-18(12-16)21-14(3)23/h5-13H,4H2,1-3H3,(H,21,23)(H,22,24)/t13-/m1/s1. The summed E-state index contributed by atoms with van der Waals surface area (Å²) in [5, 5.41) is 5.31. The van der Waals surface area contributed by atoms with Crippen LogP contribution in [-0.2, 0) is 20.7 Å². The second-order valence-corrected chi connectivity index (χ2v) is 5.85. The molecule has 0 aromatic heterocycles. The number of esters is 1. The van der Waals surface area contributed by atoms with Gasteiger partial charge in [0.25, 0.3) is 5.91 Å². The lowest BCUT2D eigenvalue weighted by Gasteiger charge is -2.14. The molecule has 0 fully saturated rings. The Bertz CT molecular complexity index is 800. The monoisotopic (exact) mass is 354 g/mol. The van der Waals surface area contributed by atoms with Gasteiger partial charge in [-0.3, -0.25) is 9.59 Å². The first-order valence-electron chi connectivity index (χ1n) is 8.37. The number of amides is 2. The Morgan fingerprint density at radius 1 is 1.00 bits per heavy atom. The number of hydrogen-bond acceptors (Lipinski definition) is 4. The van der Waals surface area contributed by atoms with Crippen molar-refractivity contribution in [1.82, 2.24) is 0 Å². The van der Waals surface area contributed by atoms with Gasteiger partial charge in [0.1, 0.15) is 0 Å². The summed E-state index contributed by atoms with van der Waals surface area (Å²) in [7, 11) is 0. The Kier molecular flexibility index (Phi) is 6.49. The molecule has 2 amide bonds. The van der Waals surface area contributed by atoms with Gasteiger partial charge in [0.2, 0.25) is 5.91 Å². The maximum Gasteiger partial charge on any atom is 0.338 e. The van der Waals surface area contributed by atoms with Crippen LogP contribution < -0.4 is 10.6 Å². The maximum atomic E-state index is 12.2. The first-order valence-corrected chi connectivity index (χ1v) is 8.37. The van der Waals surface area contributed by atoms with Crippen LogP contribution in [0.1, 0.15) is 36.7 Å². The number of aryl methyl sites for hydroxylation is 1. The molecule has 0 spiro atoms. The van der Waals surface area contributed by atoms with Gasteiger partial charge in [0.15, 0.2) is 6.10 Å². The highest BCUT2D eigenvalue weighted by atomic mass is 16.5. The quantitative estimate of drug-likeness (QED) is 0.779. The summed E-state index contributed by atoms with van der Waals surface area (Å²) in [6.45, 7) is 4.94. The summed E-state index contributed by atoms with van der Waals surface area (Å²) >= 11 is 0. The lowest BCUT2D eigenvalue weighted by Crippen LogP contribution is -2.30. The minimum atomic E-state index is -0.960. The fraction of sp³-hybridized carbons (Fsp3) is 0.250. The zero-order valence-electron chi connectivity index (χ0n) is 15.0. The van der Waals surface area contributed by atoms with Gasteiger partial charge in [-0.15, -0.1) is 0 Å². The SMILES string of the molecule is CCc1ccc(NC(=O)[C@@H](C)OC(=O)c2cccc(NC(C)=O)c2)cc1. The van der Waals surface area contributed by atoms with Crippen LogP contribution >= 0.6 is 0 Å². The summed E-state index contributed by atoms with van der Waals surface area (Å²) < 4.78 is 5.21. The third-order valence-electron chi connectivity index (χ3n) is 3.70. The predicted molar refractivity (Wildman–Crippen MR) is 100 cm³/mol. The van der Waals surface area contributed by atoms with Gasteiger partial charge in [0, 0.05) is 18.3 Å². The Hall–Kier alpha value is -3.15. The molecule has 0 aliphatic rings. The number of rotatable bonds is 6. The molecule has 136 valence electrons. The summed E-state index contributed by atoms with van der Waals surface area (Å²) in [6.07, 6.45) is -0.0439. The lowest BCUT2D eigenvalue weighted by atomic mass is 10.1. The van der Waals surface area contributed by atoms with E-state index in [4.69, 9.17) is 4.74 Å². The smallest absolute Gasteiger partial charge is 0.338 e. The number of hydrogen-bond donors (Lipinski definition) is 2. The maximum absolute atomic E-state index is 12.2. The second-order valence-electron chi connectivity index (χ2n) is 5.85. The van der Waals surface area contributed by atoms with Crippen LogP contribution in [0.25, 0.3) is 0 Å². The van der Waals surface area contributed by atoms with Gasteiger partial charge in [-0.1, -0.05) is 25.1 Å². The highest BCUT2D eigenvalue weighted by molar-refractivity contribution is 5.98. The Labute approximate surface area is 152 Å². The third kappa shape index (κ3) is 5.44. The van der Waals surface area contributed by atoms with Crippen molar-refractivity contribution in [3.05, 3.63) is 59.7 Å². The second kappa shape index (κ2) is 8.80. The molecule has 0 unspecified atom stereocenters. The van der Waals surface area contributed by atoms with Crippen molar-refractivity contribution >= 4 is 29.2 Å². The normalized spacial score (nSPS) is 11.3. The van der Waals surface area contributed by atoms with E-state index in [0.29, 0.717) is 11.4 Å². The van der Waals surface area contributed by atoms with Crippen molar-refractivity contribution < 1.29 is 19.1 Å². The largest absolute Gasteiger partial charge is 0.449 e. The molecular formula is C20H22N2O4. The number of ether oxygens (including phenoxy) is 1. The van der Waals surface area contributed by atoms with Gasteiger partial charge in [-0.25, -0.2) is 4.79 Å². The van der Waals surface area contributed by atoms with Crippen LogP contribution in [0.2, 0.25) is 0 Å². The van der Waals surface area contributed by atoms with Crippen molar-refractivity contribution in [2.45, 2.75) is 33.3 Å². The zero-order valence-corrected chi connectivity index (χ0v) is 15.0. The Morgan fingerprint density at radius 2 is 1.69 bits per heavy atom. The van der Waals surface area contributed by atoms with Crippen LogP contribution in [0, 0.1) is 0 Å². The van der Waals surface area contributed by atoms with Crippen LogP contribution in [-0.4, -0.2) is 23.9 Å². The first-order chi connectivity index (χ1) is 12.4. The summed E-state index contributed by atoms with van der Waals surface area (Å²) in [5.41, 5.74) is 2.55. The molecule has 0 aliphatic heterocycles. The Morgan fingerprint density at radius 3 is 2.31 bits per heavy atom. The van der Waals surface area contributed by atoms with Crippen molar-refractivity contribution in [3.8, 4) is 0 Å². The molecule has 6 heteroatoms. The molecule has 2 rings (SSSR count). The molecule has 2 N–H and O–H groups in total. The van der Waals surface area contributed by atoms with E-state index >= 15 is 0 Å². The van der Waals surface area contributed by atoms with Gasteiger partial charge < -0.3 is 15.4 Å². The molecule has 26 heavy (non-hydrogen) atoms. The van der Waals surface area contributed by atoms with Crippen LogP contribution in [0.3, 0.4) is 0 Å². The molecule has 0 radical (unpaired) electrons. The number of nitrogens with one attached hydrogen (secondary N) is 2. The minimum absolute atomic E-state index is 0.239. The Balaban J connectivity index is 1.97. The number of carbonyl (C=O) groups excluding carboxylic acids is 3. The summed E-state index contributed by atoms with van der Waals surface area (Å²) in [6, 6.07) is 13.8. The van der Waals surface area contributed by atoms with Crippen molar-refractivity contribution in [2.75, 3.05) is 10.6 Å². The minimum Gasteiger partial charge on any atom is -0.449 e. The first kappa shape index (κ1) is 19.2.